The third-order valence-corrected chi connectivity index (χ3v) is 4.50. The summed E-state index contributed by atoms with van der Waals surface area (Å²) in [5.41, 5.74) is 7.22. The summed E-state index contributed by atoms with van der Waals surface area (Å²) in [6.07, 6.45) is 2.57. The van der Waals surface area contributed by atoms with Gasteiger partial charge in [-0.05, 0) is 30.7 Å². The van der Waals surface area contributed by atoms with Crippen LogP contribution in [0.15, 0.2) is 30.3 Å². The molecule has 4 heteroatoms. The maximum absolute atomic E-state index is 12.2. The smallest absolute Gasteiger partial charge is 0.236 e. The second kappa shape index (κ2) is 7.75. The third kappa shape index (κ3) is 4.31. The fraction of sp³-hybridized carbons (Fsp3) is 0.611. The van der Waals surface area contributed by atoms with E-state index in [1.165, 1.54) is 5.56 Å². The summed E-state index contributed by atoms with van der Waals surface area (Å²) in [6.45, 7) is 6.27. The van der Waals surface area contributed by atoms with Crippen molar-refractivity contribution in [3.8, 4) is 0 Å². The SMILES string of the molecule is CC(C)C[C@H](N)C(=O)NCC1(c2ccccc2)CCOCC1. The fourth-order valence-electron chi connectivity index (χ4n) is 3.12. The average Bonchev–Trinajstić information content (AvgIpc) is 2.53. The van der Waals surface area contributed by atoms with Gasteiger partial charge in [0.2, 0.25) is 5.91 Å². The molecule has 1 aliphatic heterocycles. The molecule has 122 valence electrons. The highest BCUT2D eigenvalue weighted by Crippen LogP contribution is 2.34. The van der Waals surface area contributed by atoms with Crippen LogP contribution in [0.1, 0.15) is 38.7 Å². The van der Waals surface area contributed by atoms with Gasteiger partial charge in [-0.15, -0.1) is 0 Å². The standard InChI is InChI=1S/C18H28N2O2/c1-14(2)12-16(19)17(21)20-13-18(8-10-22-11-9-18)15-6-4-3-5-7-15/h3-7,14,16H,8-13,19H2,1-2H3,(H,20,21)/t16-/m0/s1. The molecule has 0 aliphatic carbocycles. The van der Waals surface area contributed by atoms with Crippen LogP contribution in [-0.4, -0.2) is 31.7 Å². The van der Waals surface area contributed by atoms with Crippen LogP contribution >= 0.6 is 0 Å². The Morgan fingerprint density at radius 2 is 1.91 bits per heavy atom. The van der Waals surface area contributed by atoms with Gasteiger partial charge in [-0.3, -0.25) is 4.79 Å². The van der Waals surface area contributed by atoms with Gasteiger partial charge >= 0.3 is 0 Å². The van der Waals surface area contributed by atoms with Crippen molar-refractivity contribution in [1.82, 2.24) is 5.32 Å². The molecule has 0 aromatic heterocycles. The van der Waals surface area contributed by atoms with Crippen molar-refractivity contribution in [3.05, 3.63) is 35.9 Å². The molecule has 22 heavy (non-hydrogen) atoms. The van der Waals surface area contributed by atoms with E-state index in [9.17, 15) is 4.79 Å². The van der Waals surface area contributed by atoms with Gasteiger partial charge in [0.1, 0.15) is 0 Å². The molecule has 0 bridgehead atoms. The number of benzene rings is 1. The van der Waals surface area contributed by atoms with Crippen LogP contribution in [0.3, 0.4) is 0 Å². The molecule has 1 amide bonds. The Morgan fingerprint density at radius 1 is 1.27 bits per heavy atom. The van der Waals surface area contributed by atoms with E-state index in [0.717, 1.165) is 26.1 Å². The highest BCUT2D eigenvalue weighted by atomic mass is 16.5. The topological polar surface area (TPSA) is 64.4 Å². The van der Waals surface area contributed by atoms with Crippen LogP contribution in [0.2, 0.25) is 0 Å². The number of rotatable bonds is 6. The normalized spacial score (nSPS) is 18.9. The van der Waals surface area contributed by atoms with Crippen molar-refractivity contribution in [2.75, 3.05) is 19.8 Å². The molecule has 1 aromatic carbocycles. The number of ether oxygens (including phenoxy) is 1. The van der Waals surface area contributed by atoms with Gasteiger partial charge in [0.05, 0.1) is 6.04 Å². The first-order chi connectivity index (χ1) is 10.5. The molecule has 1 heterocycles. The molecular weight excluding hydrogens is 276 g/mol. The van der Waals surface area contributed by atoms with E-state index in [0.29, 0.717) is 18.9 Å². The lowest BCUT2D eigenvalue weighted by Crippen LogP contribution is -2.49. The van der Waals surface area contributed by atoms with Gasteiger partial charge < -0.3 is 15.8 Å². The summed E-state index contributed by atoms with van der Waals surface area (Å²) in [7, 11) is 0. The number of nitrogens with two attached hydrogens (primary N) is 1. The van der Waals surface area contributed by atoms with Crippen molar-refractivity contribution in [2.45, 2.75) is 44.6 Å². The van der Waals surface area contributed by atoms with E-state index in [2.05, 4.69) is 43.4 Å². The zero-order valence-corrected chi connectivity index (χ0v) is 13.7. The molecule has 1 saturated heterocycles. The van der Waals surface area contributed by atoms with Crippen molar-refractivity contribution in [2.24, 2.45) is 11.7 Å². The van der Waals surface area contributed by atoms with Gasteiger partial charge in [0.25, 0.3) is 0 Å². The average molecular weight is 304 g/mol. The number of hydrogen-bond acceptors (Lipinski definition) is 3. The summed E-state index contributed by atoms with van der Waals surface area (Å²) in [5, 5.41) is 3.08. The van der Waals surface area contributed by atoms with Crippen LogP contribution in [0.5, 0.6) is 0 Å². The van der Waals surface area contributed by atoms with Crippen molar-refractivity contribution in [3.63, 3.8) is 0 Å². The summed E-state index contributed by atoms with van der Waals surface area (Å²) < 4.78 is 5.52. The van der Waals surface area contributed by atoms with Crippen molar-refractivity contribution in [1.29, 1.82) is 0 Å². The van der Waals surface area contributed by atoms with Crippen LogP contribution in [0, 0.1) is 5.92 Å². The monoisotopic (exact) mass is 304 g/mol. The first kappa shape index (κ1) is 17.0. The highest BCUT2D eigenvalue weighted by molar-refractivity contribution is 5.81. The van der Waals surface area contributed by atoms with Gasteiger partial charge in [0, 0.05) is 25.2 Å². The summed E-state index contributed by atoms with van der Waals surface area (Å²) in [5.74, 6) is 0.377. The Balaban J connectivity index is 2.03. The van der Waals surface area contributed by atoms with E-state index < -0.39 is 6.04 Å². The van der Waals surface area contributed by atoms with Crippen molar-refractivity contribution < 1.29 is 9.53 Å². The number of carbonyl (C=O) groups excluding carboxylic acids is 1. The zero-order valence-electron chi connectivity index (χ0n) is 13.7. The molecule has 1 atom stereocenters. The molecule has 2 rings (SSSR count). The number of nitrogens with one attached hydrogen (secondary N) is 1. The lowest BCUT2D eigenvalue weighted by atomic mass is 9.74. The van der Waals surface area contributed by atoms with Crippen LogP contribution in [0.25, 0.3) is 0 Å². The molecular formula is C18H28N2O2. The predicted octanol–water partition coefficient (Wildman–Crippen LogP) is 2.22. The molecule has 0 radical (unpaired) electrons. The second-order valence-electron chi connectivity index (χ2n) is 6.71. The Labute approximate surface area is 133 Å². The molecule has 1 aliphatic rings. The van der Waals surface area contributed by atoms with Gasteiger partial charge in [0.15, 0.2) is 0 Å². The minimum atomic E-state index is -0.423. The Morgan fingerprint density at radius 3 is 2.50 bits per heavy atom. The second-order valence-corrected chi connectivity index (χ2v) is 6.71. The zero-order chi connectivity index (χ0) is 16.0. The van der Waals surface area contributed by atoms with Crippen LogP contribution < -0.4 is 11.1 Å². The molecule has 4 nitrogen and oxygen atoms in total. The maximum atomic E-state index is 12.2. The lowest BCUT2D eigenvalue weighted by Gasteiger charge is -2.38. The molecule has 0 spiro atoms. The Hall–Kier alpha value is -1.39. The minimum Gasteiger partial charge on any atom is -0.381 e. The van der Waals surface area contributed by atoms with Gasteiger partial charge in [-0.1, -0.05) is 44.2 Å². The molecule has 0 unspecified atom stereocenters. The molecule has 3 N–H and O–H groups in total. The van der Waals surface area contributed by atoms with E-state index in [1.807, 2.05) is 6.07 Å². The molecule has 1 aromatic rings. The third-order valence-electron chi connectivity index (χ3n) is 4.50. The minimum absolute atomic E-state index is 0.0350. The number of hydrogen-bond donors (Lipinski definition) is 2. The maximum Gasteiger partial charge on any atom is 0.236 e. The van der Waals surface area contributed by atoms with E-state index in [1.54, 1.807) is 0 Å². The van der Waals surface area contributed by atoms with E-state index in [-0.39, 0.29) is 11.3 Å². The number of amides is 1. The van der Waals surface area contributed by atoms with Crippen molar-refractivity contribution >= 4 is 5.91 Å². The number of carbonyl (C=O) groups is 1. The lowest BCUT2D eigenvalue weighted by molar-refractivity contribution is -0.123. The fourth-order valence-corrected chi connectivity index (χ4v) is 3.12. The summed E-state index contributed by atoms with van der Waals surface area (Å²) in [6, 6.07) is 10.00. The van der Waals surface area contributed by atoms with E-state index in [4.69, 9.17) is 10.5 Å². The Kier molecular flexibility index (Phi) is 5.98. The van der Waals surface area contributed by atoms with E-state index >= 15 is 0 Å². The summed E-state index contributed by atoms with van der Waals surface area (Å²) >= 11 is 0. The Bertz CT molecular complexity index is 467. The predicted molar refractivity (Wildman–Crippen MR) is 88.6 cm³/mol. The summed E-state index contributed by atoms with van der Waals surface area (Å²) in [4.78, 5) is 12.2. The highest BCUT2D eigenvalue weighted by Gasteiger charge is 2.35. The van der Waals surface area contributed by atoms with Crippen LogP contribution in [0.4, 0.5) is 0 Å². The van der Waals surface area contributed by atoms with Gasteiger partial charge in [-0.25, -0.2) is 0 Å². The first-order valence-electron chi connectivity index (χ1n) is 8.20. The molecule has 1 fully saturated rings. The quantitative estimate of drug-likeness (QED) is 0.847. The molecule has 0 saturated carbocycles. The van der Waals surface area contributed by atoms with Crippen LogP contribution in [-0.2, 0) is 14.9 Å². The van der Waals surface area contributed by atoms with Gasteiger partial charge in [-0.2, -0.15) is 0 Å². The first-order valence-corrected chi connectivity index (χ1v) is 8.20. The largest absolute Gasteiger partial charge is 0.381 e.